The number of aliphatic carboxylic acids is 1. The first-order chi connectivity index (χ1) is 10.3. The van der Waals surface area contributed by atoms with Crippen LogP contribution < -0.4 is 10.9 Å². The van der Waals surface area contributed by atoms with Crippen LogP contribution in [0.4, 0.5) is 18.9 Å². The fourth-order valence-electron chi connectivity index (χ4n) is 2.21. The highest BCUT2D eigenvalue weighted by molar-refractivity contribution is 6.03. The lowest BCUT2D eigenvalue weighted by Crippen LogP contribution is -2.31. The van der Waals surface area contributed by atoms with Crippen molar-refractivity contribution in [2.45, 2.75) is 25.4 Å². The number of rotatable bonds is 4. The average Bonchev–Trinajstić information content (AvgIpc) is 2.94. The van der Waals surface area contributed by atoms with E-state index in [1.165, 1.54) is 12.1 Å². The molecule has 0 heterocycles. The van der Waals surface area contributed by atoms with Gasteiger partial charge < -0.3 is 5.11 Å². The molecule has 1 aromatic rings. The first kappa shape index (κ1) is 15.9. The number of benzene rings is 1. The predicted molar refractivity (Wildman–Crippen MR) is 71.7 cm³/mol. The van der Waals surface area contributed by atoms with Gasteiger partial charge in [0, 0.05) is 11.1 Å². The van der Waals surface area contributed by atoms with E-state index in [1.54, 1.807) is 0 Å². The number of hydrazine groups is 1. The summed E-state index contributed by atoms with van der Waals surface area (Å²) in [6.07, 6.45) is -3.28. The van der Waals surface area contributed by atoms with Crippen molar-refractivity contribution in [3.05, 3.63) is 41.0 Å². The van der Waals surface area contributed by atoms with Gasteiger partial charge in [-0.15, -0.1) is 0 Å². The average molecular weight is 314 g/mol. The molecule has 0 saturated carbocycles. The second-order valence-corrected chi connectivity index (χ2v) is 4.77. The molecule has 0 atom stereocenters. The summed E-state index contributed by atoms with van der Waals surface area (Å²) in [4.78, 5) is 22.9. The zero-order valence-electron chi connectivity index (χ0n) is 11.3. The van der Waals surface area contributed by atoms with Crippen LogP contribution in [0.15, 0.2) is 35.4 Å². The molecular formula is C14H13F3N2O3. The van der Waals surface area contributed by atoms with Crippen LogP contribution in [-0.4, -0.2) is 17.0 Å². The predicted octanol–water partition coefficient (Wildman–Crippen LogP) is 2.71. The Labute approximate surface area is 123 Å². The van der Waals surface area contributed by atoms with E-state index in [2.05, 4.69) is 10.9 Å². The fourth-order valence-corrected chi connectivity index (χ4v) is 2.21. The van der Waals surface area contributed by atoms with Crippen LogP contribution in [-0.2, 0) is 15.8 Å². The minimum absolute atomic E-state index is 0.0448. The number of hydrogen-bond donors (Lipinski definition) is 3. The summed E-state index contributed by atoms with van der Waals surface area (Å²) in [5.41, 5.74) is 3.99. The van der Waals surface area contributed by atoms with E-state index >= 15 is 0 Å². The molecule has 118 valence electrons. The van der Waals surface area contributed by atoms with Gasteiger partial charge in [-0.05, 0) is 37.5 Å². The number of carboxylic acids is 1. The van der Waals surface area contributed by atoms with E-state index in [0.29, 0.717) is 19.3 Å². The molecule has 0 aromatic heterocycles. The number of carbonyl (C=O) groups excluding carboxylic acids is 1. The molecule has 0 aliphatic heterocycles. The van der Waals surface area contributed by atoms with Crippen LogP contribution >= 0.6 is 0 Å². The van der Waals surface area contributed by atoms with Gasteiger partial charge in [-0.25, -0.2) is 4.79 Å². The molecule has 0 saturated heterocycles. The van der Waals surface area contributed by atoms with E-state index in [0.717, 1.165) is 12.1 Å². The minimum Gasteiger partial charge on any atom is -0.478 e. The molecule has 0 unspecified atom stereocenters. The van der Waals surface area contributed by atoms with Gasteiger partial charge in [0.2, 0.25) is 0 Å². The monoisotopic (exact) mass is 314 g/mol. The van der Waals surface area contributed by atoms with Crippen LogP contribution in [0.2, 0.25) is 0 Å². The third-order valence-corrected chi connectivity index (χ3v) is 3.26. The minimum atomic E-state index is -4.48. The molecule has 0 radical (unpaired) electrons. The van der Waals surface area contributed by atoms with E-state index in [9.17, 15) is 22.8 Å². The van der Waals surface area contributed by atoms with Gasteiger partial charge >= 0.3 is 12.1 Å². The number of anilines is 1. The number of alkyl halides is 3. The number of carboxylic acid groups (broad SMARTS) is 1. The second kappa shape index (κ2) is 6.08. The number of amides is 1. The van der Waals surface area contributed by atoms with Crippen molar-refractivity contribution in [2.24, 2.45) is 0 Å². The highest BCUT2D eigenvalue weighted by atomic mass is 19.4. The lowest BCUT2D eigenvalue weighted by Gasteiger charge is -2.12. The third-order valence-electron chi connectivity index (χ3n) is 3.26. The summed E-state index contributed by atoms with van der Waals surface area (Å²) in [5, 5.41) is 8.96. The van der Waals surface area contributed by atoms with Crippen LogP contribution in [0.1, 0.15) is 24.8 Å². The van der Waals surface area contributed by atoms with Gasteiger partial charge in [0.25, 0.3) is 5.91 Å². The van der Waals surface area contributed by atoms with Gasteiger partial charge in [-0.3, -0.25) is 15.6 Å². The maximum Gasteiger partial charge on any atom is 0.416 e. The van der Waals surface area contributed by atoms with Crippen LogP contribution in [0.5, 0.6) is 0 Å². The van der Waals surface area contributed by atoms with Crippen molar-refractivity contribution in [1.29, 1.82) is 0 Å². The molecule has 2 rings (SSSR count). The van der Waals surface area contributed by atoms with Crippen molar-refractivity contribution in [1.82, 2.24) is 5.43 Å². The maximum atomic E-state index is 12.6. The SMILES string of the molecule is O=C(O)C1=C(C(=O)NNc2cccc(C(F)(F)F)c2)CCC1. The molecule has 0 bridgehead atoms. The summed E-state index contributed by atoms with van der Waals surface area (Å²) in [7, 11) is 0. The summed E-state index contributed by atoms with van der Waals surface area (Å²) in [6, 6.07) is 4.32. The lowest BCUT2D eigenvalue weighted by molar-refractivity contribution is -0.137. The van der Waals surface area contributed by atoms with Gasteiger partial charge in [-0.1, -0.05) is 6.07 Å². The molecule has 0 spiro atoms. The Morgan fingerprint density at radius 3 is 2.45 bits per heavy atom. The topological polar surface area (TPSA) is 78.4 Å². The van der Waals surface area contributed by atoms with E-state index in [4.69, 9.17) is 5.11 Å². The zero-order chi connectivity index (χ0) is 16.3. The van der Waals surface area contributed by atoms with Crippen LogP contribution in [0.3, 0.4) is 0 Å². The summed E-state index contributed by atoms with van der Waals surface area (Å²) in [6.45, 7) is 0. The van der Waals surface area contributed by atoms with E-state index in [1.807, 2.05) is 0 Å². The standard InChI is InChI=1S/C14H13F3N2O3/c15-14(16,17)8-3-1-4-9(7-8)18-19-12(20)10-5-2-6-11(10)13(21)22/h1,3-4,7,18H,2,5-6H2,(H,19,20)(H,21,22). The van der Waals surface area contributed by atoms with Crippen molar-refractivity contribution < 1.29 is 27.9 Å². The number of carbonyl (C=O) groups is 2. The largest absolute Gasteiger partial charge is 0.478 e. The Kier molecular flexibility index (Phi) is 4.39. The van der Waals surface area contributed by atoms with Crippen molar-refractivity contribution in [3.63, 3.8) is 0 Å². The fraction of sp³-hybridized carbons (Fsp3) is 0.286. The smallest absolute Gasteiger partial charge is 0.416 e. The molecule has 22 heavy (non-hydrogen) atoms. The van der Waals surface area contributed by atoms with Gasteiger partial charge in [0.05, 0.1) is 11.3 Å². The lowest BCUT2D eigenvalue weighted by atomic mass is 10.1. The zero-order valence-corrected chi connectivity index (χ0v) is 11.3. The van der Waals surface area contributed by atoms with Crippen molar-refractivity contribution in [3.8, 4) is 0 Å². The summed E-state index contributed by atoms with van der Waals surface area (Å²) < 4.78 is 37.7. The first-order valence-corrected chi connectivity index (χ1v) is 6.48. The Morgan fingerprint density at radius 1 is 1.14 bits per heavy atom. The number of halogens is 3. The third kappa shape index (κ3) is 3.57. The molecule has 5 nitrogen and oxygen atoms in total. The molecule has 1 aliphatic rings. The van der Waals surface area contributed by atoms with Crippen LogP contribution in [0, 0.1) is 0 Å². The Hall–Kier alpha value is -2.51. The highest BCUT2D eigenvalue weighted by Gasteiger charge is 2.30. The van der Waals surface area contributed by atoms with Gasteiger partial charge in [0.15, 0.2) is 0 Å². The first-order valence-electron chi connectivity index (χ1n) is 6.48. The number of hydrogen-bond acceptors (Lipinski definition) is 3. The molecule has 3 N–H and O–H groups in total. The Morgan fingerprint density at radius 2 is 1.82 bits per heavy atom. The van der Waals surface area contributed by atoms with E-state index in [-0.39, 0.29) is 16.8 Å². The molecule has 1 amide bonds. The molecule has 8 heteroatoms. The normalized spacial score (nSPS) is 14.9. The summed E-state index contributed by atoms with van der Waals surface area (Å²) >= 11 is 0. The molecule has 1 aromatic carbocycles. The number of nitrogens with one attached hydrogen (secondary N) is 2. The second-order valence-electron chi connectivity index (χ2n) is 4.77. The quantitative estimate of drug-likeness (QED) is 0.747. The molecule has 0 fully saturated rings. The Bertz CT molecular complexity index is 638. The van der Waals surface area contributed by atoms with E-state index < -0.39 is 23.6 Å². The van der Waals surface area contributed by atoms with Gasteiger partial charge in [-0.2, -0.15) is 13.2 Å². The van der Waals surface area contributed by atoms with Gasteiger partial charge in [0.1, 0.15) is 0 Å². The van der Waals surface area contributed by atoms with Crippen molar-refractivity contribution >= 4 is 17.6 Å². The van der Waals surface area contributed by atoms with Crippen molar-refractivity contribution in [2.75, 3.05) is 5.43 Å². The Balaban J connectivity index is 2.06. The molecular weight excluding hydrogens is 301 g/mol. The molecule has 1 aliphatic carbocycles. The maximum absolute atomic E-state index is 12.6. The summed E-state index contributed by atoms with van der Waals surface area (Å²) in [5.74, 6) is -1.80. The highest BCUT2D eigenvalue weighted by Crippen LogP contribution is 2.30. The van der Waals surface area contributed by atoms with Crippen LogP contribution in [0.25, 0.3) is 0 Å².